The van der Waals surface area contributed by atoms with Gasteiger partial charge < -0.3 is 0 Å². The minimum atomic E-state index is -4.49. The molecule has 6 nitrogen and oxygen atoms in total. The fourth-order valence-electron chi connectivity index (χ4n) is 3.70. The van der Waals surface area contributed by atoms with Crippen LogP contribution in [0.25, 0.3) is 16.9 Å². The standard InChI is InChI=1S/C21H18F3N3O3S/c1-31(29,30)26-12-11-18-17(13-26)19(14-7-9-15(10-8-14)21(22,23)24)25-20(28)27(18)16-5-3-2-4-6-16/h2-10H,11-13H2,1H3. The number of fused-ring (bicyclic) bond motifs is 1. The molecule has 0 saturated heterocycles. The molecule has 31 heavy (non-hydrogen) atoms. The molecule has 0 bridgehead atoms. The van der Waals surface area contributed by atoms with E-state index in [0.29, 0.717) is 22.5 Å². The van der Waals surface area contributed by atoms with Gasteiger partial charge in [0.2, 0.25) is 10.0 Å². The Kier molecular flexibility index (Phi) is 5.22. The summed E-state index contributed by atoms with van der Waals surface area (Å²) in [5.74, 6) is 0. The van der Waals surface area contributed by atoms with Gasteiger partial charge in [0, 0.05) is 36.3 Å². The number of hydrogen-bond donors (Lipinski definition) is 0. The Balaban J connectivity index is 1.93. The predicted octanol–water partition coefficient (Wildman–Crippen LogP) is 3.24. The second-order valence-electron chi connectivity index (χ2n) is 7.26. The Morgan fingerprint density at radius 1 is 1.00 bits per heavy atom. The maximum atomic E-state index is 12.9. The van der Waals surface area contributed by atoms with Crippen LogP contribution in [-0.2, 0) is 29.2 Å². The van der Waals surface area contributed by atoms with Crippen LogP contribution in [0.5, 0.6) is 0 Å². The van der Waals surface area contributed by atoms with Crippen molar-refractivity contribution in [2.75, 3.05) is 12.8 Å². The number of sulfonamides is 1. The summed E-state index contributed by atoms with van der Waals surface area (Å²) >= 11 is 0. The normalized spacial score (nSPS) is 15.0. The van der Waals surface area contributed by atoms with Gasteiger partial charge in [-0.15, -0.1) is 0 Å². The molecule has 0 amide bonds. The minimum Gasteiger partial charge on any atom is -0.265 e. The molecule has 162 valence electrons. The third kappa shape index (κ3) is 4.13. The number of aromatic nitrogens is 2. The van der Waals surface area contributed by atoms with Crippen LogP contribution in [-0.4, -0.2) is 35.1 Å². The number of para-hydroxylation sites is 1. The number of halogens is 3. The van der Waals surface area contributed by atoms with Crippen LogP contribution < -0.4 is 5.69 Å². The highest BCUT2D eigenvalue weighted by Gasteiger charge is 2.32. The van der Waals surface area contributed by atoms with Crippen LogP contribution >= 0.6 is 0 Å². The van der Waals surface area contributed by atoms with Crippen molar-refractivity contribution in [1.82, 2.24) is 13.9 Å². The van der Waals surface area contributed by atoms with Crippen LogP contribution in [0.3, 0.4) is 0 Å². The highest BCUT2D eigenvalue weighted by atomic mass is 32.2. The quantitative estimate of drug-likeness (QED) is 0.616. The third-order valence-electron chi connectivity index (χ3n) is 5.20. The molecule has 0 radical (unpaired) electrons. The Morgan fingerprint density at radius 2 is 1.65 bits per heavy atom. The van der Waals surface area contributed by atoms with Gasteiger partial charge in [-0.25, -0.2) is 13.2 Å². The van der Waals surface area contributed by atoms with E-state index >= 15 is 0 Å². The van der Waals surface area contributed by atoms with E-state index in [-0.39, 0.29) is 25.2 Å². The van der Waals surface area contributed by atoms with Crippen molar-refractivity contribution in [2.24, 2.45) is 0 Å². The number of hydrogen-bond acceptors (Lipinski definition) is 4. The SMILES string of the molecule is CS(=O)(=O)N1CCc2c(c(-c3ccc(C(F)(F)F)cc3)nc(=O)n2-c2ccccc2)C1. The maximum absolute atomic E-state index is 12.9. The first-order valence-corrected chi connectivity index (χ1v) is 11.2. The summed E-state index contributed by atoms with van der Waals surface area (Å²) in [6, 6.07) is 13.2. The van der Waals surface area contributed by atoms with E-state index in [4.69, 9.17) is 0 Å². The summed E-state index contributed by atoms with van der Waals surface area (Å²) in [4.78, 5) is 17.1. The summed E-state index contributed by atoms with van der Waals surface area (Å²) in [6.07, 6.45) is -3.13. The lowest BCUT2D eigenvalue weighted by atomic mass is 9.99. The van der Waals surface area contributed by atoms with Crippen molar-refractivity contribution in [3.05, 3.63) is 81.9 Å². The zero-order chi connectivity index (χ0) is 22.4. The molecule has 0 unspecified atom stereocenters. The molecule has 2 aromatic carbocycles. The fraction of sp³-hybridized carbons (Fsp3) is 0.238. The van der Waals surface area contributed by atoms with Gasteiger partial charge in [-0.3, -0.25) is 4.57 Å². The maximum Gasteiger partial charge on any atom is 0.416 e. The van der Waals surface area contributed by atoms with Crippen LogP contribution in [0.15, 0.2) is 59.4 Å². The van der Waals surface area contributed by atoms with Crippen molar-refractivity contribution in [2.45, 2.75) is 19.1 Å². The highest BCUT2D eigenvalue weighted by molar-refractivity contribution is 7.88. The van der Waals surface area contributed by atoms with Crippen LogP contribution in [0.2, 0.25) is 0 Å². The molecule has 0 aliphatic carbocycles. The van der Waals surface area contributed by atoms with Gasteiger partial charge in [0.25, 0.3) is 0 Å². The van der Waals surface area contributed by atoms with E-state index in [2.05, 4.69) is 4.98 Å². The van der Waals surface area contributed by atoms with E-state index < -0.39 is 27.5 Å². The predicted molar refractivity (Wildman–Crippen MR) is 109 cm³/mol. The summed E-state index contributed by atoms with van der Waals surface area (Å²) in [7, 11) is -3.51. The Labute approximate surface area is 176 Å². The van der Waals surface area contributed by atoms with Gasteiger partial charge in [-0.2, -0.15) is 22.5 Å². The van der Waals surface area contributed by atoms with Crippen LogP contribution in [0.1, 0.15) is 16.8 Å². The zero-order valence-electron chi connectivity index (χ0n) is 16.4. The second-order valence-corrected chi connectivity index (χ2v) is 9.24. The Bertz CT molecular complexity index is 1290. The molecule has 0 saturated carbocycles. The molecule has 1 aliphatic heterocycles. The molecular formula is C21H18F3N3O3S. The van der Waals surface area contributed by atoms with Crippen molar-refractivity contribution < 1.29 is 21.6 Å². The summed E-state index contributed by atoms with van der Waals surface area (Å²) in [6.45, 7) is 0.166. The topological polar surface area (TPSA) is 72.3 Å². The number of alkyl halides is 3. The van der Waals surface area contributed by atoms with Crippen molar-refractivity contribution in [3.63, 3.8) is 0 Å². The molecule has 0 spiro atoms. The fourth-order valence-corrected chi connectivity index (χ4v) is 4.48. The van der Waals surface area contributed by atoms with E-state index in [1.54, 1.807) is 30.3 Å². The van der Waals surface area contributed by atoms with Gasteiger partial charge in [0.05, 0.1) is 23.2 Å². The van der Waals surface area contributed by atoms with Crippen molar-refractivity contribution >= 4 is 10.0 Å². The monoisotopic (exact) mass is 449 g/mol. The summed E-state index contributed by atoms with van der Waals surface area (Å²) < 4.78 is 65.8. The van der Waals surface area contributed by atoms with Gasteiger partial charge in [-0.1, -0.05) is 30.3 Å². The van der Waals surface area contributed by atoms with E-state index in [9.17, 15) is 26.4 Å². The summed E-state index contributed by atoms with van der Waals surface area (Å²) in [5, 5.41) is 0. The third-order valence-corrected chi connectivity index (χ3v) is 6.45. The summed E-state index contributed by atoms with van der Waals surface area (Å²) in [5.41, 5.74) is 0.795. The minimum absolute atomic E-state index is 0.0232. The first-order chi connectivity index (χ1) is 14.6. The average Bonchev–Trinajstić information content (AvgIpc) is 2.72. The van der Waals surface area contributed by atoms with E-state index in [0.717, 1.165) is 18.4 Å². The van der Waals surface area contributed by atoms with Crippen LogP contribution in [0.4, 0.5) is 13.2 Å². The molecule has 1 aliphatic rings. The largest absolute Gasteiger partial charge is 0.416 e. The van der Waals surface area contributed by atoms with Gasteiger partial charge in [-0.05, 0) is 24.3 Å². The molecule has 0 N–H and O–H groups in total. The lowest BCUT2D eigenvalue weighted by Gasteiger charge is -2.30. The van der Waals surface area contributed by atoms with E-state index in [1.807, 2.05) is 0 Å². The average molecular weight is 449 g/mol. The second kappa shape index (κ2) is 7.61. The van der Waals surface area contributed by atoms with Crippen molar-refractivity contribution in [1.29, 1.82) is 0 Å². The molecule has 0 atom stereocenters. The van der Waals surface area contributed by atoms with Gasteiger partial charge in [0.1, 0.15) is 0 Å². The number of nitrogens with zero attached hydrogens (tertiary/aromatic N) is 3. The molecule has 1 aromatic heterocycles. The van der Waals surface area contributed by atoms with E-state index in [1.165, 1.54) is 21.0 Å². The van der Waals surface area contributed by atoms with Gasteiger partial charge in [0.15, 0.2) is 0 Å². The first kappa shape index (κ1) is 21.3. The molecule has 3 aromatic rings. The van der Waals surface area contributed by atoms with Crippen LogP contribution in [0, 0.1) is 0 Å². The molecule has 10 heteroatoms. The molecule has 4 rings (SSSR count). The van der Waals surface area contributed by atoms with Crippen molar-refractivity contribution in [3.8, 4) is 16.9 Å². The number of rotatable bonds is 3. The lowest BCUT2D eigenvalue weighted by Crippen LogP contribution is -2.39. The highest BCUT2D eigenvalue weighted by Crippen LogP contribution is 2.33. The first-order valence-electron chi connectivity index (χ1n) is 9.38. The lowest BCUT2D eigenvalue weighted by molar-refractivity contribution is -0.137. The van der Waals surface area contributed by atoms with Gasteiger partial charge >= 0.3 is 11.9 Å². The Hall–Kier alpha value is -2.98. The molecule has 0 fully saturated rings. The Morgan fingerprint density at radius 3 is 2.23 bits per heavy atom. The number of benzene rings is 2. The molecule has 2 heterocycles. The zero-order valence-corrected chi connectivity index (χ0v) is 17.2. The molecular weight excluding hydrogens is 431 g/mol. The smallest absolute Gasteiger partial charge is 0.265 e.